The molecule has 10 rings (SSSR count). The lowest BCUT2D eigenvalue weighted by Gasteiger charge is -2.24. The van der Waals surface area contributed by atoms with Gasteiger partial charge in [0.2, 0.25) is 5.88 Å². The molecule has 0 unspecified atom stereocenters. The predicted molar refractivity (Wildman–Crippen MR) is 255 cm³/mol. The van der Waals surface area contributed by atoms with E-state index in [2.05, 4.69) is 223 Å². The first kappa shape index (κ1) is 37.4. The molecule has 0 bridgehead atoms. The summed E-state index contributed by atoms with van der Waals surface area (Å²) in [5.74, 6) is 1.60. The second-order valence-electron chi connectivity index (χ2n) is 16.3. The van der Waals surface area contributed by atoms with Gasteiger partial charge in [-0.05, 0) is 88.8 Å². The van der Waals surface area contributed by atoms with Crippen LogP contribution >= 0.6 is 0 Å². The minimum Gasteiger partial charge on any atom is -0.448 e. The molecule has 0 aliphatic carbocycles. The normalized spacial score (nSPS) is 11.5. The molecular weight excluding hydrogens is 747 g/mol. The van der Waals surface area contributed by atoms with Crippen molar-refractivity contribution >= 4 is 61.8 Å². The van der Waals surface area contributed by atoms with Gasteiger partial charge < -0.3 is 15.1 Å². The summed E-state index contributed by atoms with van der Waals surface area (Å²) >= 11 is 0. The highest BCUT2D eigenvalue weighted by Gasteiger charge is 2.21. The molecule has 3 aromatic heterocycles. The molecule has 0 radical (unpaired) electrons. The average molecular weight is 792 g/mol. The van der Waals surface area contributed by atoms with E-state index in [9.17, 15) is 0 Å². The van der Waals surface area contributed by atoms with E-state index in [-0.39, 0.29) is 5.41 Å². The van der Waals surface area contributed by atoms with Gasteiger partial charge in [0.25, 0.3) is 0 Å². The summed E-state index contributed by atoms with van der Waals surface area (Å²) in [6, 6.07) is 67.9. The van der Waals surface area contributed by atoms with Crippen LogP contribution in [0.1, 0.15) is 26.3 Å². The standard InChI is InChI=1S/C55H45N5O/c1-55(2,3)40-32-33-56-52(35-40)60-50-28-13-10-23-46(50)47-31-30-43(37-51(47)60)59(53-29-16-34-61-53)42-22-14-21-41(36-42)57-48-26-11-12-27-49(48)58-54-44(38-17-6-4-7-18-38)24-15-25-45(54)39-19-8-5-9-20-39/h4-37,57-58H,1-3H3. The van der Waals surface area contributed by atoms with Gasteiger partial charge in [0.15, 0.2) is 0 Å². The zero-order valence-corrected chi connectivity index (χ0v) is 34.4. The van der Waals surface area contributed by atoms with Crippen LogP contribution in [0, 0.1) is 0 Å². The van der Waals surface area contributed by atoms with Gasteiger partial charge in [-0.15, -0.1) is 0 Å². The second-order valence-corrected chi connectivity index (χ2v) is 16.3. The minimum absolute atomic E-state index is 0.0227. The Balaban J connectivity index is 1.04. The zero-order valence-electron chi connectivity index (χ0n) is 34.4. The van der Waals surface area contributed by atoms with Crippen molar-refractivity contribution in [3.8, 4) is 28.1 Å². The lowest BCUT2D eigenvalue weighted by Crippen LogP contribution is -2.12. The third-order valence-corrected chi connectivity index (χ3v) is 11.3. The number of nitrogens with zero attached hydrogens (tertiary/aromatic N) is 3. The van der Waals surface area contributed by atoms with Gasteiger partial charge in [-0.3, -0.25) is 9.47 Å². The van der Waals surface area contributed by atoms with Crippen LogP contribution in [0.3, 0.4) is 0 Å². The van der Waals surface area contributed by atoms with Gasteiger partial charge in [-0.1, -0.05) is 142 Å². The van der Waals surface area contributed by atoms with Crippen molar-refractivity contribution in [3.63, 3.8) is 0 Å². The first-order chi connectivity index (χ1) is 29.9. The Labute approximate surface area is 356 Å². The molecule has 7 aromatic carbocycles. The Morgan fingerprint density at radius 3 is 1.87 bits per heavy atom. The highest BCUT2D eigenvalue weighted by Crippen LogP contribution is 2.43. The van der Waals surface area contributed by atoms with Crippen LogP contribution in [0.4, 0.5) is 40.0 Å². The van der Waals surface area contributed by atoms with E-state index in [1.165, 1.54) is 10.9 Å². The van der Waals surface area contributed by atoms with Crippen molar-refractivity contribution in [3.05, 3.63) is 212 Å². The van der Waals surface area contributed by atoms with Crippen LogP contribution in [-0.2, 0) is 5.41 Å². The van der Waals surface area contributed by atoms with Crippen LogP contribution in [0.2, 0.25) is 0 Å². The fraction of sp³-hybridized carbons (Fsp3) is 0.0727. The Kier molecular flexibility index (Phi) is 9.66. The number of nitrogens with one attached hydrogen (secondary N) is 2. The van der Waals surface area contributed by atoms with Crippen molar-refractivity contribution in [2.24, 2.45) is 0 Å². The fourth-order valence-electron chi connectivity index (χ4n) is 8.27. The molecule has 0 aliphatic rings. The molecule has 0 spiro atoms. The second kappa shape index (κ2) is 15.7. The lowest BCUT2D eigenvalue weighted by atomic mass is 9.88. The number of hydrogen-bond donors (Lipinski definition) is 2. The van der Waals surface area contributed by atoms with E-state index in [0.29, 0.717) is 5.88 Å². The highest BCUT2D eigenvalue weighted by atomic mass is 16.3. The van der Waals surface area contributed by atoms with Gasteiger partial charge >= 0.3 is 0 Å². The maximum atomic E-state index is 6.16. The first-order valence-electron chi connectivity index (χ1n) is 20.7. The van der Waals surface area contributed by atoms with Crippen molar-refractivity contribution in [2.75, 3.05) is 15.5 Å². The lowest BCUT2D eigenvalue weighted by molar-refractivity contribution is 0.574. The molecule has 6 nitrogen and oxygen atoms in total. The van der Waals surface area contributed by atoms with Crippen molar-refractivity contribution in [1.82, 2.24) is 9.55 Å². The van der Waals surface area contributed by atoms with Crippen molar-refractivity contribution in [1.29, 1.82) is 0 Å². The largest absolute Gasteiger partial charge is 0.448 e. The summed E-state index contributed by atoms with van der Waals surface area (Å²) in [5.41, 5.74) is 13.7. The maximum Gasteiger partial charge on any atom is 0.204 e. The van der Waals surface area contributed by atoms with Crippen LogP contribution < -0.4 is 15.5 Å². The topological polar surface area (TPSA) is 58.3 Å². The SMILES string of the molecule is CC(C)(C)c1ccnc(-n2c3ccccc3c3ccc(N(c4cccc(Nc5ccccc5Nc5c(-c6ccccc6)cccc5-c5ccccc5)c4)c4ccco4)cc32)c1. The average Bonchev–Trinajstić information content (AvgIpc) is 3.94. The van der Waals surface area contributed by atoms with Gasteiger partial charge in [0.1, 0.15) is 5.82 Å². The van der Waals surface area contributed by atoms with E-state index >= 15 is 0 Å². The van der Waals surface area contributed by atoms with Crippen molar-refractivity contribution in [2.45, 2.75) is 26.2 Å². The molecule has 0 fully saturated rings. The predicted octanol–water partition coefficient (Wildman–Crippen LogP) is 15.4. The number of para-hydroxylation sites is 4. The Bertz CT molecular complexity index is 3070. The Hall–Kier alpha value is -7.83. The molecule has 0 atom stereocenters. The zero-order chi connectivity index (χ0) is 41.3. The van der Waals surface area contributed by atoms with Crippen LogP contribution in [-0.4, -0.2) is 9.55 Å². The number of furan rings is 1. The molecule has 61 heavy (non-hydrogen) atoms. The molecule has 2 N–H and O–H groups in total. The van der Waals surface area contributed by atoms with Gasteiger partial charge in [0, 0.05) is 39.8 Å². The van der Waals surface area contributed by atoms with E-state index in [4.69, 9.17) is 9.40 Å². The number of rotatable bonds is 10. The molecule has 3 heterocycles. The van der Waals surface area contributed by atoms with Crippen LogP contribution in [0.5, 0.6) is 0 Å². The molecular formula is C55H45N5O. The van der Waals surface area contributed by atoms with E-state index in [0.717, 1.165) is 78.6 Å². The summed E-state index contributed by atoms with van der Waals surface area (Å²) in [4.78, 5) is 7.09. The molecule has 296 valence electrons. The number of hydrogen-bond acceptors (Lipinski definition) is 5. The van der Waals surface area contributed by atoms with E-state index < -0.39 is 0 Å². The molecule has 6 heteroatoms. The number of aromatic nitrogens is 2. The van der Waals surface area contributed by atoms with E-state index in [1.54, 1.807) is 6.26 Å². The Morgan fingerprint density at radius 2 is 1.16 bits per heavy atom. The quantitative estimate of drug-likeness (QED) is 0.144. The monoisotopic (exact) mass is 791 g/mol. The maximum absolute atomic E-state index is 6.16. The summed E-state index contributed by atoms with van der Waals surface area (Å²) in [5, 5.41) is 9.98. The van der Waals surface area contributed by atoms with Gasteiger partial charge in [-0.2, -0.15) is 0 Å². The molecule has 0 saturated heterocycles. The van der Waals surface area contributed by atoms with Gasteiger partial charge in [0.05, 0.1) is 45.7 Å². The Morgan fingerprint density at radius 1 is 0.525 bits per heavy atom. The molecule has 10 aromatic rings. The number of pyridine rings is 1. The fourth-order valence-corrected chi connectivity index (χ4v) is 8.27. The number of benzene rings is 7. The molecule has 0 amide bonds. The third-order valence-electron chi connectivity index (χ3n) is 11.3. The highest BCUT2D eigenvalue weighted by molar-refractivity contribution is 6.10. The first-order valence-corrected chi connectivity index (χ1v) is 20.7. The number of anilines is 7. The van der Waals surface area contributed by atoms with E-state index in [1.807, 2.05) is 18.3 Å². The summed E-state index contributed by atoms with van der Waals surface area (Å²) < 4.78 is 8.44. The van der Waals surface area contributed by atoms with Crippen LogP contribution in [0.25, 0.3) is 49.9 Å². The molecule has 0 aliphatic heterocycles. The summed E-state index contributed by atoms with van der Waals surface area (Å²) in [6.45, 7) is 6.72. The van der Waals surface area contributed by atoms with Gasteiger partial charge in [-0.25, -0.2) is 4.98 Å². The summed E-state index contributed by atoms with van der Waals surface area (Å²) in [6.07, 6.45) is 3.65. The third kappa shape index (κ3) is 7.29. The number of fused-ring (bicyclic) bond motifs is 3. The molecule has 0 saturated carbocycles. The smallest absolute Gasteiger partial charge is 0.204 e. The minimum atomic E-state index is -0.0227. The van der Waals surface area contributed by atoms with Crippen LogP contribution in [0.15, 0.2) is 211 Å². The van der Waals surface area contributed by atoms with Crippen molar-refractivity contribution < 1.29 is 4.42 Å². The summed E-state index contributed by atoms with van der Waals surface area (Å²) in [7, 11) is 0.